The quantitative estimate of drug-likeness (QED) is 0.467. The van der Waals surface area contributed by atoms with E-state index in [-0.39, 0.29) is 12.0 Å². The first-order chi connectivity index (χ1) is 14.5. The van der Waals surface area contributed by atoms with Crippen molar-refractivity contribution < 1.29 is 9.53 Å². The number of carbonyl (C=O) groups is 1. The zero-order chi connectivity index (χ0) is 21.3. The van der Waals surface area contributed by atoms with E-state index in [4.69, 9.17) is 15.0 Å². The SMILES string of the molecule is CC(C)OCCNC(=O)c1csc(Nc2cccc(C3CCCN(CC#N)C3)n2)n1. The second-order valence-electron chi connectivity index (χ2n) is 7.52. The van der Waals surface area contributed by atoms with Crippen LogP contribution in [-0.4, -0.2) is 59.7 Å². The molecule has 30 heavy (non-hydrogen) atoms. The molecule has 1 amide bonds. The average Bonchev–Trinajstić information content (AvgIpc) is 3.20. The van der Waals surface area contributed by atoms with E-state index >= 15 is 0 Å². The number of pyridine rings is 1. The normalized spacial score (nSPS) is 16.9. The minimum absolute atomic E-state index is 0.142. The van der Waals surface area contributed by atoms with Crippen molar-refractivity contribution in [3.8, 4) is 6.07 Å². The van der Waals surface area contributed by atoms with Crippen LogP contribution in [0.25, 0.3) is 0 Å². The van der Waals surface area contributed by atoms with Gasteiger partial charge in [0.2, 0.25) is 0 Å². The van der Waals surface area contributed by atoms with Crippen LogP contribution in [0.4, 0.5) is 10.9 Å². The molecule has 0 radical (unpaired) electrons. The molecule has 3 rings (SSSR count). The molecular formula is C21H28N6O2S. The highest BCUT2D eigenvalue weighted by atomic mass is 32.1. The molecule has 0 bridgehead atoms. The van der Waals surface area contributed by atoms with Crippen molar-refractivity contribution >= 4 is 28.2 Å². The van der Waals surface area contributed by atoms with Crippen molar-refractivity contribution in [3.63, 3.8) is 0 Å². The maximum atomic E-state index is 12.2. The number of aromatic nitrogens is 2. The Balaban J connectivity index is 1.56. The first-order valence-corrected chi connectivity index (χ1v) is 11.1. The molecule has 2 N–H and O–H groups in total. The van der Waals surface area contributed by atoms with Crippen molar-refractivity contribution in [2.45, 2.75) is 38.7 Å². The molecule has 0 spiro atoms. The third-order valence-corrected chi connectivity index (χ3v) is 5.56. The Morgan fingerprint density at radius 2 is 2.30 bits per heavy atom. The maximum absolute atomic E-state index is 12.2. The number of hydrogen-bond donors (Lipinski definition) is 2. The maximum Gasteiger partial charge on any atom is 0.270 e. The number of thiazole rings is 1. The lowest BCUT2D eigenvalue weighted by molar-refractivity contribution is 0.0745. The Morgan fingerprint density at radius 3 is 3.10 bits per heavy atom. The lowest BCUT2D eigenvalue weighted by Gasteiger charge is -2.30. The van der Waals surface area contributed by atoms with Gasteiger partial charge in [-0.05, 0) is 45.4 Å². The summed E-state index contributed by atoms with van der Waals surface area (Å²) in [6.45, 7) is 7.12. The number of rotatable bonds is 9. The Hall–Kier alpha value is -2.54. The van der Waals surface area contributed by atoms with Crippen molar-refractivity contribution in [2.75, 3.05) is 38.1 Å². The Morgan fingerprint density at radius 1 is 1.43 bits per heavy atom. The highest BCUT2D eigenvalue weighted by Crippen LogP contribution is 2.27. The monoisotopic (exact) mass is 428 g/mol. The smallest absolute Gasteiger partial charge is 0.270 e. The molecule has 1 unspecified atom stereocenters. The van der Waals surface area contributed by atoms with E-state index in [0.29, 0.717) is 42.3 Å². The van der Waals surface area contributed by atoms with E-state index in [0.717, 1.165) is 31.6 Å². The number of hydrogen-bond acceptors (Lipinski definition) is 8. The fraction of sp³-hybridized carbons (Fsp3) is 0.524. The van der Waals surface area contributed by atoms with Gasteiger partial charge in [0.25, 0.3) is 5.91 Å². The summed E-state index contributed by atoms with van der Waals surface area (Å²) in [6, 6.07) is 8.13. The summed E-state index contributed by atoms with van der Waals surface area (Å²) in [5.74, 6) is 0.809. The molecule has 1 aliphatic rings. The minimum atomic E-state index is -0.215. The molecule has 2 aromatic heterocycles. The van der Waals surface area contributed by atoms with E-state index in [1.807, 2.05) is 32.0 Å². The van der Waals surface area contributed by atoms with Crippen LogP contribution in [-0.2, 0) is 4.74 Å². The van der Waals surface area contributed by atoms with Gasteiger partial charge >= 0.3 is 0 Å². The van der Waals surface area contributed by atoms with Gasteiger partial charge < -0.3 is 15.4 Å². The van der Waals surface area contributed by atoms with Crippen LogP contribution in [0.1, 0.15) is 48.8 Å². The third-order valence-electron chi connectivity index (χ3n) is 4.80. The topological polar surface area (TPSA) is 103 Å². The zero-order valence-corrected chi connectivity index (χ0v) is 18.2. The second kappa shape index (κ2) is 11.0. The summed E-state index contributed by atoms with van der Waals surface area (Å²) >= 11 is 1.37. The number of amides is 1. The molecule has 3 heterocycles. The summed E-state index contributed by atoms with van der Waals surface area (Å²) in [4.78, 5) is 23.5. The molecule has 1 saturated heterocycles. The second-order valence-corrected chi connectivity index (χ2v) is 8.38. The van der Waals surface area contributed by atoms with Crippen molar-refractivity contribution in [3.05, 3.63) is 35.0 Å². The van der Waals surface area contributed by atoms with E-state index in [9.17, 15) is 4.79 Å². The summed E-state index contributed by atoms with van der Waals surface area (Å²) in [5.41, 5.74) is 1.39. The van der Waals surface area contributed by atoms with E-state index in [2.05, 4.69) is 26.6 Å². The van der Waals surface area contributed by atoms with Gasteiger partial charge in [0.15, 0.2) is 5.13 Å². The number of carbonyl (C=O) groups excluding carboxylic acids is 1. The molecule has 0 aliphatic carbocycles. The lowest BCUT2D eigenvalue weighted by Crippen LogP contribution is -2.34. The number of likely N-dealkylation sites (tertiary alicyclic amines) is 1. The molecule has 0 saturated carbocycles. The molecule has 2 aromatic rings. The van der Waals surface area contributed by atoms with Gasteiger partial charge in [0.05, 0.1) is 25.3 Å². The Labute approximate surface area is 181 Å². The van der Waals surface area contributed by atoms with Gasteiger partial charge in [-0.1, -0.05) is 6.07 Å². The molecular weight excluding hydrogens is 400 g/mol. The standard InChI is InChI=1S/C21H28N6O2S/c1-15(2)29-12-9-23-20(28)18-14-30-21(25-18)26-19-7-3-6-17(24-19)16-5-4-10-27(13-16)11-8-22/h3,6-7,14-16H,4-5,9-13H2,1-2H3,(H,23,28)(H,24,25,26). The lowest BCUT2D eigenvalue weighted by atomic mass is 9.94. The first-order valence-electron chi connectivity index (χ1n) is 10.2. The summed E-state index contributed by atoms with van der Waals surface area (Å²) in [7, 11) is 0. The molecule has 1 fully saturated rings. The third kappa shape index (κ3) is 6.49. The number of ether oxygens (including phenoxy) is 1. The zero-order valence-electron chi connectivity index (χ0n) is 17.4. The highest BCUT2D eigenvalue weighted by molar-refractivity contribution is 7.14. The summed E-state index contributed by atoms with van der Waals surface area (Å²) in [6.07, 6.45) is 2.28. The van der Waals surface area contributed by atoms with Crippen LogP contribution in [0, 0.1) is 11.3 Å². The van der Waals surface area contributed by atoms with Crippen LogP contribution in [0.3, 0.4) is 0 Å². The van der Waals surface area contributed by atoms with Gasteiger partial charge in [-0.25, -0.2) is 9.97 Å². The average molecular weight is 429 g/mol. The van der Waals surface area contributed by atoms with Crippen LogP contribution in [0.5, 0.6) is 0 Å². The Bertz CT molecular complexity index is 878. The van der Waals surface area contributed by atoms with E-state index < -0.39 is 0 Å². The molecule has 0 aromatic carbocycles. The van der Waals surface area contributed by atoms with Gasteiger partial charge in [-0.15, -0.1) is 11.3 Å². The predicted molar refractivity (Wildman–Crippen MR) is 117 cm³/mol. The van der Waals surface area contributed by atoms with Crippen LogP contribution < -0.4 is 10.6 Å². The van der Waals surface area contributed by atoms with Gasteiger partial charge in [-0.3, -0.25) is 9.69 Å². The summed E-state index contributed by atoms with van der Waals surface area (Å²) in [5, 5.41) is 17.3. The molecule has 1 aliphatic heterocycles. The highest BCUT2D eigenvalue weighted by Gasteiger charge is 2.22. The number of piperidine rings is 1. The molecule has 8 nitrogen and oxygen atoms in total. The van der Waals surface area contributed by atoms with Crippen molar-refractivity contribution in [1.29, 1.82) is 5.26 Å². The van der Waals surface area contributed by atoms with Crippen molar-refractivity contribution in [2.24, 2.45) is 0 Å². The van der Waals surface area contributed by atoms with Gasteiger partial charge in [-0.2, -0.15) is 5.26 Å². The minimum Gasteiger partial charge on any atom is -0.377 e. The van der Waals surface area contributed by atoms with Crippen LogP contribution >= 0.6 is 11.3 Å². The molecule has 9 heteroatoms. The fourth-order valence-corrected chi connectivity index (χ4v) is 4.08. The van der Waals surface area contributed by atoms with E-state index in [1.54, 1.807) is 5.38 Å². The predicted octanol–water partition coefficient (Wildman–Crippen LogP) is 3.14. The largest absolute Gasteiger partial charge is 0.377 e. The molecule has 160 valence electrons. The first kappa shape index (κ1) is 22.2. The van der Waals surface area contributed by atoms with Gasteiger partial charge in [0, 0.05) is 30.1 Å². The Kier molecular flexibility index (Phi) is 8.13. The molecule has 1 atom stereocenters. The number of anilines is 2. The van der Waals surface area contributed by atoms with Crippen LogP contribution in [0.15, 0.2) is 23.6 Å². The number of nitriles is 1. The number of nitrogens with zero attached hydrogens (tertiary/aromatic N) is 4. The summed E-state index contributed by atoms with van der Waals surface area (Å²) < 4.78 is 5.42. The van der Waals surface area contributed by atoms with Gasteiger partial charge in [0.1, 0.15) is 11.5 Å². The van der Waals surface area contributed by atoms with Crippen LogP contribution in [0.2, 0.25) is 0 Å². The van der Waals surface area contributed by atoms with E-state index in [1.165, 1.54) is 11.3 Å². The number of nitrogens with one attached hydrogen (secondary N) is 2. The van der Waals surface area contributed by atoms with Crippen molar-refractivity contribution in [1.82, 2.24) is 20.2 Å². The fourth-order valence-electron chi connectivity index (χ4n) is 3.38.